The number of thioether (sulfide) groups is 1. The van der Waals surface area contributed by atoms with Gasteiger partial charge in [-0.3, -0.25) is 9.69 Å². The van der Waals surface area contributed by atoms with Crippen molar-refractivity contribution >= 4 is 29.3 Å². The van der Waals surface area contributed by atoms with Crippen LogP contribution in [0.2, 0.25) is 5.02 Å². The van der Waals surface area contributed by atoms with Crippen molar-refractivity contribution in [3.8, 4) is 0 Å². The van der Waals surface area contributed by atoms with Gasteiger partial charge in [0.15, 0.2) is 0 Å². The lowest BCUT2D eigenvalue weighted by Crippen LogP contribution is -2.40. The molecule has 0 saturated carbocycles. The summed E-state index contributed by atoms with van der Waals surface area (Å²) in [6.07, 6.45) is 1.91. The van der Waals surface area contributed by atoms with E-state index in [4.69, 9.17) is 11.6 Å². The zero-order valence-electron chi connectivity index (χ0n) is 15.6. The van der Waals surface area contributed by atoms with E-state index >= 15 is 0 Å². The van der Waals surface area contributed by atoms with Crippen molar-refractivity contribution in [3.05, 3.63) is 70.7 Å². The van der Waals surface area contributed by atoms with E-state index in [0.29, 0.717) is 0 Å². The van der Waals surface area contributed by atoms with Gasteiger partial charge in [0.05, 0.1) is 0 Å². The van der Waals surface area contributed by atoms with Gasteiger partial charge >= 0.3 is 0 Å². The number of amides is 1. The third kappa shape index (κ3) is 6.87. The van der Waals surface area contributed by atoms with Crippen molar-refractivity contribution in [2.45, 2.75) is 25.1 Å². The van der Waals surface area contributed by atoms with E-state index in [0.717, 1.165) is 55.5 Å². The standard InChI is InChI=1S/C22H27ClN2OS/c23-21-8-6-19(7-9-21)17-27-15-12-24-22(26)20-10-13-25(14-11-20)16-18-4-2-1-3-5-18/h1-9,20H,10-17H2,(H,24,26). The maximum absolute atomic E-state index is 12.4. The molecule has 1 aliphatic rings. The van der Waals surface area contributed by atoms with Gasteiger partial charge in [0, 0.05) is 35.5 Å². The highest BCUT2D eigenvalue weighted by Crippen LogP contribution is 2.19. The number of halogens is 1. The highest BCUT2D eigenvalue weighted by Gasteiger charge is 2.24. The Morgan fingerprint density at radius 2 is 1.74 bits per heavy atom. The summed E-state index contributed by atoms with van der Waals surface area (Å²) in [4.78, 5) is 14.8. The van der Waals surface area contributed by atoms with E-state index in [-0.39, 0.29) is 11.8 Å². The predicted octanol–water partition coefficient (Wildman–Crippen LogP) is 4.60. The number of carbonyl (C=O) groups is 1. The molecule has 1 heterocycles. The molecule has 0 spiro atoms. The third-order valence-electron chi connectivity index (χ3n) is 4.93. The second-order valence-corrected chi connectivity index (χ2v) is 8.55. The van der Waals surface area contributed by atoms with Crippen LogP contribution in [0.3, 0.4) is 0 Å². The molecule has 2 aromatic carbocycles. The Morgan fingerprint density at radius 3 is 2.44 bits per heavy atom. The number of carbonyl (C=O) groups excluding carboxylic acids is 1. The molecule has 0 radical (unpaired) electrons. The Kier molecular flexibility index (Phi) is 8.06. The van der Waals surface area contributed by atoms with Crippen LogP contribution in [0.4, 0.5) is 0 Å². The predicted molar refractivity (Wildman–Crippen MR) is 115 cm³/mol. The Balaban J connectivity index is 1.28. The zero-order chi connectivity index (χ0) is 18.9. The van der Waals surface area contributed by atoms with Crippen LogP contribution in [0.25, 0.3) is 0 Å². The fraction of sp³-hybridized carbons (Fsp3) is 0.409. The molecule has 144 valence electrons. The van der Waals surface area contributed by atoms with Gasteiger partial charge in [-0.15, -0.1) is 0 Å². The summed E-state index contributed by atoms with van der Waals surface area (Å²) in [6.45, 7) is 3.72. The number of nitrogens with zero attached hydrogens (tertiary/aromatic N) is 1. The fourth-order valence-electron chi connectivity index (χ4n) is 3.36. The van der Waals surface area contributed by atoms with Crippen LogP contribution >= 0.6 is 23.4 Å². The van der Waals surface area contributed by atoms with E-state index in [9.17, 15) is 4.79 Å². The van der Waals surface area contributed by atoms with E-state index in [1.807, 2.05) is 30.0 Å². The van der Waals surface area contributed by atoms with Crippen LogP contribution in [-0.2, 0) is 17.1 Å². The minimum atomic E-state index is 0.165. The molecule has 3 nitrogen and oxygen atoms in total. The number of benzene rings is 2. The van der Waals surface area contributed by atoms with Gasteiger partial charge < -0.3 is 5.32 Å². The normalized spacial score (nSPS) is 15.6. The smallest absolute Gasteiger partial charge is 0.223 e. The molecule has 0 bridgehead atoms. The van der Waals surface area contributed by atoms with Gasteiger partial charge in [0.25, 0.3) is 0 Å². The van der Waals surface area contributed by atoms with Crippen LogP contribution in [-0.4, -0.2) is 36.2 Å². The van der Waals surface area contributed by atoms with Crippen molar-refractivity contribution in [2.75, 3.05) is 25.4 Å². The fourth-order valence-corrected chi connectivity index (χ4v) is 4.30. The van der Waals surface area contributed by atoms with E-state index in [2.05, 4.69) is 46.6 Å². The molecular formula is C22H27ClN2OS. The van der Waals surface area contributed by atoms with E-state index in [1.165, 1.54) is 11.1 Å². The van der Waals surface area contributed by atoms with Gasteiger partial charge in [-0.1, -0.05) is 54.1 Å². The zero-order valence-corrected chi connectivity index (χ0v) is 17.1. The van der Waals surface area contributed by atoms with Crippen LogP contribution in [0, 0.1) is 5.92 Å². The van der Waals surface area contributed by atoms with Gasteiger partial charge in [-0.25, -0.2) is 0 Å². The minimum Gasteiger partial charge on any atom is -0.355 e. The SMILES string of the molecule is O=C(NCCSCc1ccc(Cl)cc1)C1CCN(Cc2ccccc2)CC1. The number of nitrogens with one attached hydrogen (secondary N) is 1. The molecule has 1 fully saturated rings. The third-order valence-corrected chi connectivity index (χ3v) is 6.22. The lowest BCUT2D eigenvalue weighted by Gasteiger charge is -2.31. The molecule has 1 saturated heterocycles. The quantitative estimate of drug-likeness (QED) is 0.655. The molecule has 1 amide bonds. The number of hydrogen-bond acceptors (Lipinski definition) is 3. The number of likely N-dealkylation sites (tertiary alicyclic amines) is 1. The van der Waals surface area contributed by atoms with Gasteiger partial charge in [0.2, 0.25) is 5.91 Å². The van der Waals surface area contributed by atoms with Gasteiger partial charge in [-0.05, 0) is 49.2 Å². The van der Waals surface area contributed by atoms with Gasteiger partial charge in [-0.2, -0.15) is 11.8 Å². The highest BCUT2D eigenvalue weighted by atomic mass is 35.5. The minimum absolute atomic E-state index is 0.165. The van der Waals surface area contributed by atoms with Crippen LogP contribution < -0.4 is 5.32 Å². The Hall–Kier alpha value is -1.49. The van der Waals surface area contributed by atoms with Crippen LogP contribution in [0.5, 0.6) is 0 Å². The maximum Gasteiger partial charge on any atom is 0.223 e. The van der Waals surface area contributed by atoms with Crippen LogP contribution in [0.1, 0.15) is 24.0 Å². The molecule has 0 unspecified atom stereocenters. The highest BCUT2D eigenvalue weighted by molar-refractivity contribution is 7.98. The molecule has 0 atom stereocenters. The molecule has 27 heavy (non-hydrogen) atoms. The summed E-state index contributed by atoms with van der Waals surface area (Å²) >= 11 is 7.73. The summed E-state index contributed by atoms with van der Waals surface area (Å²) in [7, 11) is 0. The number of piperidine rings is 1. The van der Waals surface area contributed by atoms with Crippen molar-refractivity contribution in [3.63, 3.8) is 0 Å². The molecule has 3 rings (SSSR count). The first kappa shape index (κ1) is 20.2. The molecule has 0 aromatic heterocycles. The first-order valence-electron chi connectivity index (χ1n) is 9.57. The second kappa shape index (κ2) is 10.7. The summed E-state index contributed by atoms with van der Waals surface area (Å²) in [5.74, 6) is 2.27. The first-order valence-corrected chi connectivity index (χ1v) is 11.1. The number of hydrogen-bond donors (Lipinski definition) is 1. The lowest BCUT2D eigenvalue weighted by atomic mass is 9.95. The van der Waals surface area contributed by atoms with Crippen molar-refractivity contribution in [1.29, 1.82) is 0 Å². The molecule has 1 N–H and O–H groups in total. The largest absolute Gasteiger partial charge is 0.355 e. The first-order chi connectivity index (χ1) is 13.2. The topological polar surface area (TPSA) is 32.3 Å². The average Bonchev–Trinajstić information content (AvgIpc) is 2.70. The Labute approximate surface area is 171 Å². The summed E-state index contributed by atoms with van der Waals surface area (Å²) in [5, 5.41) is 3.88. The molecule has 2 aromatic rings. The number of rotatable bonds is 8. The average molecular weight is 403 g/mol. The summed E-state index contributed by atoms with van der Waals surface area (Å²) in [5.41, 5.74) is 2.61. The lowest BCUT2D eigenvalue weighted by molar-refractivity contribution is -0.126. The van der Waals surface area contributed by atoms with E-state index < -0.39 is 0 Å². The van der Waals surface area contributed by atoms with E-state index in [1.54, 1.807) is 0 Å². The van der Waals surface area contributed by atoms with Gasteiger partial charge in [0.1, 0.15) is 0 Å². The Bertz CT molecular complexity index is 700. The molecule has 1 aliphatic heterocycles. The van der Waals surface area contributed by atoms with Crippen molar-refractivity contribution in [1.82, 2.24) is 10.2 Å². The summed E-state index contributed by atoms with van der Waals surface area (Å²) < 4.78 is 0. The van der Waals surface area contributed by atoms with Crippen LogP contribution in [0.15, 0.2) is 54.6 Å². The second-order valence-electron chi connectivity index (χ2n) is 7.01. The Morgan fingerprint density at radius 1 is 1.04 bits per heavy atom. The van der Waals surface area contributed by atoms with Crippen molar-refractivity contribution in [2.24, 2.45) is 5.92 Å². The molecule has 5 heteroatoms. The monoisotopic (exact) mass is 402 g/mol. The summed E-state index contributed by atoms with van der Waals surface area (Å²) in [6, 6.07) is 18.5. The molecule has 0 aliphatic carbocycles. The maximum atomic E-state index is 12.4. The van der Waals surface area contributed by atoms with Crippen molar-refractivity contribution < 1.29 is 4.79 Å². The molecular weight excluding hydrogens is 376 g/mol.